The molecule has 2 nitrogen and oxygen atoms in total. The SMILES string of the molecule is Cc1ccc(N(c2ccc(-c3ccc4c(c3)c3cc(C)ccc3n4-c3ccc(C)cc3)cc2)c2cccc3c2-c2ccccc2C32c3ccccc3-c3ccccc32)cc1. The molecule has 2 heteroatoms. The van der Waals surface area contributed by atoms with Gasteiger partial charge in [0.05, 0.1) is 22.1 Å². The number of benzene rings is 9. The summed E-state index contributed by atoms with van der Waals surface area (Å²) < 4.78 is 2.40. The summed E-state index contributed by atoms with van der Waals surface area (Å²) in [4.78, 5) is 2.46. The van der Waals surface area contributed by atoms with Crippen LogP contribution in [0, 0.1) is 20.8 Å². The van der Waals surface area contributed by atoms with Crippen LogP contribution in [0.3, 0.4) is 0 Å². The molecule has 0 radical (unpaired) electrons. The van der Waals surface area contributed by atoms with E-state index in [9.17, 15) is 0 Å². The van der Waals surface area contributed by atoms with Crippen LogP contribution in [0.5, 0.6) is 0 Å². The number of anilines is 3. The predicted molar refractivity (Wildman–Crippen MR) is 251 cm³/mol. The third-order valence-corrected chi connectivity index (χ3v) is 13.2. The molecule has 0 amide bonds. The second-order valence-electron chi connectivity index (χ2n) is 16.7. The first kappa shape index (κ1) is 34.6. The standard InChI is InChI=1S/C58H42N2/c1-37-19-27-42(28-20-37)59(56-18-10-17-53-57(56)47-13-6-9-16-52(47)58(53)50-14-7-4-11-45(50)46-12-5-8-15-51(46)58)43-31-24-40(25-32-43)41-26-34-55-49(36-41)48-35-39(3)23-33-54(48)60(55)44-29-21-38(2)22-30-44/h4-36H,1-3H3. The second-order valence-corrected chi connectivity index (χ2v) is 16.7. The van der Waals surface area contributed by atoms with Gasteiger partial charge in [-0.15, -0.1) is 0 Å². The Bertz CT molecular complexity index is 3280. The van der Waals surface area contributed by atoms with Gasteiger partial charge < -0.3 is 9.47 Å². The highest BCUT2D eigenvalue weighted by atomic mass is 15.1. The van der Waals surface area contributed by atoms with Gasteiger partial charge in [0.15, 0.2) is 0 Å². The summed E-state index contributed by atoms with van der Waals surface area (Å²) >= 11 is 0. The Hall–Kier alpha value is -7.42. The summed E-state index contributed by atoms with van der Waals surface area (Å²) in [5, 5.41) is 2.54. The first-order chi connectivity index (χ1) is 29.5. The Balaban J connectivity index is 1.03. The van der Waals surface area contributed by atoms with Crippen LogP contribution in [0.1, 0.15) is 38.9 Å². The van der Waals surface area contributed by atoms with Gasteiger partial charge in [-0.05, 0) is 138 Å². The van der Waals surface area contributed by atoms with Gasteiger partial charge in [-0.1, -0.05) is 150 Å². The molecule has 0 fully saturated rings. The first-order valence-corrected chi connectivity index (χ1v) is 21.0. The van der Waals surface area contributed by atoms with E-state index < -0.39 is 5.41 Å². The van der Waals surface area contributed by atoms with E-state index in [1.165, 1.54) is 106 Å². The molecule has 2 aliphatic carbocycles. The summed E-state index contributed by atoms with van der Waals surface area (Å²) in [6.07, 6.45) is 0. The van der Waals surface area contributed by atoms with Crippen molar-refractivity contribution in [2.45, 2.75) is 26.2 Å². The summed E-state index contributed by atoms with van der Waals surface area (Å²) in [5.41, 5.74) is 23.4. The number of hydrogen-bond acceptors (Lipinski definition) is 1. The van der Waals surface area contributed by atoms with E-state index in [-0.39, 0.29) is 0 Å². The van der Waals surface area contributed by atoms with E-state index in [1.54, 1.807) is 0 Å². The number of aryl methyl sites for hydroxylation is 3. The van der Waals surface area contributed by atoms with Gasteiger partial charge in [0.1, 0.15) is 0 Å². The van der Waals surface area contributed by atoms with Crippen LogP contribution in [0.15, 0.2) is 200 Å². The molecule has 0 atom stereocenters. The van der Waals surface area contributed by atoms with Crippen molar-refractivity contribution in [2.24, 2.45) is 0 Å². The van der Waals surface area contributed by atoms with Gasteiger partial charge in [0.25, 0.3) is 0 Å². The summed E-state index contributed by atoms with van der Waals surface area (Å²) in [5.74, 6) is 0. The lowest BCUT2D eigenvalue weighted by atomic mass is 9.70. The normalized spacial score (nSPS) is 13.1. The minimum absolute atomic E-state index is 0.405. The van der Waals surface area contributed by atoms with E-state index >= 15 is 0 Å². The van der Waals surface area contributed by atoms with Crippen LogP contribution in [-0.4, -0.2) is 4.57 Å². The minimum atomic E-state index is -0.405. The largest absolute Gasteiger partial charge is 0.310 e. The second kappa shape index (κ2) is 13.0. The lowest BCUT2D eigenvalue weighted by molar-refractivity contribution is 0.794. The molecule has 0 bridgehead atoms. The molecule has 1 heterocycles. The fraction of sp³-hybridized carbons (Fsp3) is 0.0690. The smallest absolute Gasteiger partial charge is 0.0726 e. The summed E-state index contributed by atoms with van der Waals surface area (Å²) in [7, 11) is 0. The third-order valence-electron chi connectivity index (χ3n) is 13.2. The molecule has 0 saturated carbocycles. The predicted octanol–water partition coefficient (Wildman–Crippen LogP) is 15.2. The third kappa shape index (κ3) is 4.88. The zero-order valence-electron chi connectivity index (χ0n) is 33.9. The fourth-order valence-corrected chi connectivity index (χ4v) is 10.5. The molecule has 0 saturated heterocycles. The Morgan fingerprint density at radius 3 is 1.52 bits per heavy atom. The summed E-state index contributed by atoms with van der Waals surface area (Å²) in [6.45, 7) is 6.49. The van der Waals surface area contributed by atoms with Crippen molar-refractivity contribution in [1.82, 2.24) is 4.57 Å². The van der Waals surface area contributed by atoms with Gasteiger partial charge >= 0.3 is 0 Å². The van der Waals surface area contributed by atoms with Crippen LogP contribution in [-0.2, 0) is 5.41 Å². The van der Waals surface area contributed by atoms with E-state index in [4.69, 9.17) is 0 Å². The molecule has 10 aromatic rings. The highest BCUT2D eigenvalue weighted by Gasteiger charge is 2.52. The van der Waals surface area contributed by atoms with Gasteiger partial charge in [0, 0.05) is 33.4 Å². The van der Waals surface area contributed by atoms with Crippen molar-refractivity contribution in [3.05, 3.63) is 239 Å². The van der Waals surface area contributed by atoms with Crippen molar-refractivity contribution in [1.29, 1.82) is 0 Å². The van der Waals surface area contributed by atoms with Crippen molar-refractivity contribution >= 4 is 38.9 Å². The Morgan fingerprint density at radius 2 is 0.867 bits per heavy atom. The van der Waals surface area contributed by atoms with E-state index in [0.29, 0.717) is 0 Å². The fourth-order valence-electron chi connectivity index (χ4n) is 10.5. The zero-order chi connectivity index (χ0) is 40.1. The monoisotopic (exact) mass is 766 g/mol. The molecule has 1 aromatic heterocycles. The van der Waals surface area contributed by atoms with Gasteiger partial charge in [-0.3, -0.25) is 0 Å². The topological polar surface area (TPSA) is 8.17 Å². The molecule has 2 aliphatic rings. The number of nitrogens with zero attached hydrogens (tertiary/aromatic N) is 2. The Morgan fingerprint density at radius 1 is 0.383 bits per heavy atom. The van der Waals surface area contributed by atoms with Crippen LogP contribution >= 0.6 is 0 Å². The van der Waals surface area contributed by atoms with E-state index in [2.05, 4.69) is 230 Å². The Labute approximate surface area is 351 Å². The van der Waals surface area contributed by atoms with E-state index in [1.807, 2.05) is 0 Å². The number of rotatable bonds is 5. The van der Waals surface area contributed by atoms with Crippen molar-refractivity contribution < 1.29 is 0 Å². The molecular weight excluding hydrogens is 725 g/mol. The van der Waals surface area contributed by atoms with Gasteiger partial charge in [-0.25, -0.2) is 0 Å². The quantitative estimate of drug-likeness (QED) is 0.169. The van der Waals surface area contributed by atoms with Gasteiger partial charge in [0.2, 0.25) is 0 Å². The van der Waals surface area contributed by atoms with Crippen molar-refractivity contribution in [3.63, 3.8) is 0 Å². The first-order valence-electron chi connectivity index (χ1n) is 21.0. The van der Waals surface area contributed by atoms with E-state index in [0.717, 1.165) is 11.4 Å². The minimum Gasteiger partial charge on any atom is -0.310 e. The van der Waals surface area contributed by atoms with Crippen molar-refractivity contribution in [2.75, 3.05) is 4.90 Å². The maximum Gasteiger partial charge on any atom is 0.0726 e. The van der Waals surface area contributed by atoms with Gasteiger partial charge in [-0.2, -0.15) is 0 Å². The van der Waals surface area contributed by atoms with Crippen LogP contribution in [0.2, 0.25) is 0 Å². The molecular formula is C58H42N2. The van der Waals surface area contributed by atoms with Crippen molar-refractivity contribution in [3.8, 4) is 39.1 Å². The molecule has 9 aromatic carbocycles. The average Bonchev–Trinajstić information content (AvgIpc) is 3.89. The molecule has 1 spiro atoms. The lowest BCUT2D eigenvalue weighted by Gasteiger charge is -2.32. The molecule has 0 N–H and O–H groups in total. The molecule has 12 rings (SSSR count). The summed E-state index contributed by atoms with van der Waals surface area (Å²) in [6, 6.07) is 74.9. The molecule has 0 unspecified atom stereocenters. The number of aromatic nitrogens is 1. The zero-order valence-corrected chi connectivity index (χ0v) is 33.9. The Kier molecular flexibility index (Phi) is 7.52. The lowest BCUT2D eigenvalue weighted by Crippen LogP contribution is -2.26. The van der Waals surface area contributed by atoms with Crippen LogP contribution in [0.25, 0.3) is 60.9 Å². The highest BCUT2D eigenvalue weighted by Crippen LogP contribution is 2.64. The maximum absolute atomic E-state index is 2.46. The molecule has 60 heavy (non-hydrogen) atoms. The maximum atomic E-state index is 2.46. The molecule has 284 valence electrons. The molecule has 0 aliphatic heterocycles. The average molecular weight is 767 g/mol. The number of hydrogen-bond donors (Lipinski definition) is 0. The highest BCUT2D eigenvalue weighted by molar-refractivity contribution is 6.11. The number of fused-ring (bicyclic) bond motifs is 13. The van der Waals surface area contributed by atoms with Crippen LogP contribution < -0.4 is 4.90 Å². The van der Waals surface area contributed by atoms with Crippen LogP contribution in [0.4, 0.5) is 17.1 Å².